The van der Waals surface area contributed by atoms with Crippen molar-refractivity contribution in [3.05, 3.63) is 32.9 Å². The van der Waals surface area contributed by atoms with Gasteiger partial charge in [-0.05, 0) is 6.42 Å². The third kappa shape index (κ3) is 6.74. The Morgan fingerprint density at radius 1 is 1.30 bits per heavy atom. The summed E-state index contributed by atoms with van der Waals surface area (Å²) < 4.78 is 31.2. The summed E-state index contributed by atoms with van der Waals surface area (Å²) in [5.74, 6) is -0.146. The first-order valence-corrected chi connectivity index (χ1v) is 9.42. The van der Waals surface area contributed by atoms with Crippen LogP contribution in [0.25, 0.3) is 0 Å². The zero-order valence-electron chi connectivity index (χ0n) is 12.2. The molecule has 1 aliphatic heterocycles. The second-order valence-electron chi connectivity index (χ2n) is 4.37. The average Bonchev–Trinajstić information content (AvgIpc) is 2.52. The van der Waals surface area contributed by atoms with Crippen LogP contribution in [-0.2, 0) is 9.09 Å². The Labute approximate surface area is 141 Å². The summed E-state index contributed by atoms with van der Waals surface area (Å²) in [7, 11) is -2.84. The van der Waals surface area contributed by atoms with Gasteiger partial charge >= 0.3 is 13.4 Å². The van der Waals surface area contributed by atoms with E-state index >= 15 is 0 Å². The van der Waals surface area contributed by atoms with Crippen molar-refractivity contribution in [1.82, 2.24) is 19.7 Å². The van der Waals surface area contributed by atoms with Gasteiger partial charge in [0.25, 0.3) is 5.56 Å². The van der Waals surface area contributed by atoms with Crippen molar-refractivity contribution in [1.29, 1.82) is 0 Å². The molecule has 0 aromatic carbocycles. The van der Waals surface area contributed by atoms with Crippen molar-refractivity contribution in [3.63, 3.8) is 0 Å². The maximum atomic E-state index is 12.2. The highest BCUT2D eigenvalue weighted by Gasteiger charge is 2.32. The van der Waals surface area contributed by atoms with Crippen molar-refractivity contribution in [2.45, 2.75) is 6.42 Å². The van der Waals surface area contributed by atoms with Crippen LogP contribution in [0.5, 0.6) is 0 Å². The summed E-state index contributed by atoms with van der Waals surface area (Å²) in [6.45, 7) is 2.31. The van der Waals surface area contributed by atoms with Crippen LogP contribution >= 0.6 is 30.9 Å². The van der Waals surface area contributed by atoms with Gasteiger partial charge in [-0.1, -0.05) is 0 Å². The number of hydrogen-bond acceptors (Lipinski definition) is 4. The van der Waals surface area contributed by atoms with E-state index in [-0.39, 0.29) is 0 Å². The van der Waals surface area contributed by atoms with Gasteiger partial charge in [-0.3, -0.25) is 14.3 Å². The number of halogens is 3. The molecule has 1 saturated heterocycles. The molecule has 1 aliphatic rings. The molecule has 2 rings (SSSR count). The van der Waals surface area contributed by atoms with Crippen LogP contribution in [-0.4, -0.2) is 52.6 Å². The Morgan fingerprint density at radius 2 is 1.96 bits per heavy atom. The number of rotatable bonds is 5. The first kappa shape index (κ1) is 20.3. The van der Waals surface area contributed by atoms with Crippen molar-refractivity contribution in [3.8, 4) is 0 Å². The summed E-state index contributed by atoms with van der Waals surface area (Å²) in [5, 5.41) is 2.91. The van der Waals surface area contributed by atoms with Gasteiger partial charge < -0.3 is 9.51 Å². The molecule has 1 aromatic heterocycles. The van der Waals surface area contributed by atoms with E-state index in [0.29, 0.717) is 37.7 Å². The molecule has 0 radical (unpaired) electrons. The third-order valence-corrected chi connectivity index (χ3v) is 5.37. The Hall–Kier alpha value is -0.700. The minimum atomic E-state index is -2.84. The fourth-order valence-corrected chi connectivity index (χ4v) is 4.31. The quantitative estimate of drug-likeness (QED) is 0.513. The van der Waals surface area contributed by atoms with Gasteiger partial charge in [0.2, 0.25) is 5.82 Å². The number of alkyl halides is 2. The van der Waals surface area contributed by atoms with Gasteiger partial charge in [-0.15, -0.1) is 23.2 Å². The van der Waals surface area contributed by atoms with E-state index in [1.165, 1.54) is 0 Å². The largest absolute Gasteiger partial charge is 0.343 e. The summed E-state index contributed by atoms with van der Waals surface area (Å²) in [6, 6.07) is 0. The van der Waals surface area contributed by atoms with Gasteiger partial charge in [-0.2, -0.15) is 4.39 Å². The van der Waals surface area contributed by atoms with Crippen LogP contribution < -0.4 is 16.3 Å². The van der Waals surface area contributed by atoms with Crippen molar-refractivity contribution in [2.75, 3.05) is 38.0 Å². The molecule has 0 saturated carbocycles. The lowest BCUT2D eigenvalue weighted by Crippen LogP contribution is -2.35. The normalized spacial score (nSPS) is 20.9. The molecule has 3 N–H and O–H groups in total. The summed E-state index contributed by atoms with van der Waals surface area (Å²) in [6.07, 6.45) is 1.60. The highest BCUT2D eigenvalue weighted by atomic mass is 35.5. The lowest BCUT2D eigenvalue weighted by Gasteiger charge is -2.33. The van der Waals surface area contributed by atoms with Crippen LogP contribution in [0.2, 0.25) is 0 Å². The Kier molecular flexibility index (Phi) is 9.04. The first-order chi connectivity index (χ1) is 10.9. The van der Waals surface area contributed by atoms with E-state index < -0.39 is 24.7 Å². The van der Waals surface area contributed by atoms with E-state index in [1.807, 2.05) is 4.98 Å². The molecule has 0 aliphatic carbocycles. The van der Waals surface area contributed by atoms with Crippen molar-refractivity contribution in [2.24, 2.45) is 0 Å². The minimum Gasteiger partial charge on any atom is -0.311 e. The molecular weight excluding hydrogens is 373 g/mol. The van der Waals surface area contributed by atoms with E-state index in [4.69, 9.17) is 27.7 Å². The SMILES string of the molecule is O=P1(N(CCCl)CCCl)NCCCO1.O=c1[nH]cc(F)c(=O)[nH]1. The molecule has 23 heavy (non-hydrogen) atoms. The van der Waals surface area contributed by atoms with Gasteiger partial charge in [0, 0.05) is 37.6 Å². The van der Waals surface area contributed by atoms with E-state index in [1.54, 1.807) is 9.65 Å². The van der Waals surface area contributed by atoms with Gasteiger partial charge in [0.15, 0.2) is 0 Å². The molecule has 12 heteroatoms. The molecule has 1 aromatic rings. The standard InChI is InChI=1S/C7H15Cl2N2O2P.C4H3FN2O2/c8-2-5-11(6-3-9)14(12)10-4-1-7-13-14;5-2-1-6-4(9)7-3(2)8/h1-7H2,(H,10,12);1H,(H2,6,7,8,9). The summed E-state index contributed by atoms with van der Waals surface area (Å²) in [4.78, 5) is 24.0. The minimum absolute atomic E-state index is 0.423. The van der Waals surface area contributed by atoms with Crippen LogP contribution in [0, 0.1) is 5.82 Å². The fraction of sp³-hybridized carbons (Fsp3) is 0.636. The second-order valence-corrected chi connectivity index (χ2v) is 7.30. The van der Waals surface area contributed by atoms with E-state index in [9.17, 15) is 18.5 Å². The maximum Gasteiger partial charge on any atom is 0.343 e. The molecule has 0 bridgehead atoms. The third-order valence-electron chi connectivity index (χ3n) is 2.73. The summed E-state index contributed by atoms with van der Waals surface area (Å²) in [5.41, 5.74) is -1.71. The molecule has 132 valence electrons. The van der Waals surface area contributed by atoms with Crippen LogP contribution in [0.4, 0.5) is 4.39 Å². The van der Waals surface area contributed by atoms with E-state index in [0.717, 1.165) is 13.0 Å². The van der Waals surface area contributed by atoms with Gasteiger partial charge in [-0.25, -0.2) is 14.6 Å². The lowest BCUT2D eigenvalue weighted by molar-refractivity contribution is 0.233. The maximum absolute atomic E-state index is 12.2. The second kappa shape index (κ2) is 10.2. The number of nitrogens with one attached hydrogen (secondary N) is 3. The zero-order chi connectivity index (χ0) is 17.3. The smallest absolute Gasteiger partial charge is 0.311 e. The number of hydrogen-bond donors (Lipinski definition) is 3. The monoisotopic (exact) mass is 390 g/mol. The molecule has 1 atom stereocenters. The average molecular weight is 391 g/mol. The van der Waals surface area contributed by atoms with Crippen LogP contribution in [0.15, 0.2) is 15.8 Å². The molecule has 2 heterocycles. The highest BCUT2D eigenvalue weighted by Crippen LogP contribution is 2.47. The Morgan fingerprint density at radius 3 is 2.39 bits per heavy atom. The molecular formula is C11H18Cl2FN4O4P. The summed E-state index contributed by atoms with van der Waals surface area (Å²) >= 11 is 11.2. The zero-order valence-corrected chi connectivity index (χ0v) is 14.6. The molecule has 0 spiro atoms. The van der Waals surface area contributed by atoms with Crippen molar-refractivity contribution < 1.29 is 13.5 Å². The molecule has 8 nitrogen and oxygen atoms in total. The molecule has 1 fully saturated rings. The van der Waals surface area contributed by atoms with Crippen molar-refractivity contribution >= 4 is 30.9 Å². The lowest BCUT2D eigenvalue weighted by atomic mass is 10.5. The van der Waals surface area contributed by atoms with Crippen LogP contribution in [0.3, 0.4) is 0 Å². The van der Waals surface area contributed by atoms with Gasteiger partial charge in [0.05, 0.1) is 6.61 Å². The fourth-order valence-electron chi connectivity index (χ4n) is 1.67. The molecule has 0 amide bonds. The Balaban J connectivity index is 0.000000253. The highest BCUT2D eigenvalue weighted by molar-refractivity contribution is 7.54. The number of aromatic amines is 2. The number of nitrogens with zero attached hydrogens (tertiary/aromatic N) is 1. The predicted molar refractivity (Wildman–Crippen MR) is 86.8 cm³/mol. The number of aromatic nitrogens is 2. The topological polar surface area (TPSA) is 107 Å². The van der Waals surface area contributed by atoms with E-state index in [2.05, 4.69) is 5.09 Å². The molecule has 1 unspecified atom stereocenters. The number of H-pyrrole nitrogens is 2. The van der Waals surface area contributed by atoms with Gasteiger partial charge in [0.1, 0.15) is 0 Å². The Bertz CT molecular complexity index is 625. The first-order valence-electron chi connectivity index (χ1n) is 6.77. The predicted octanol–water partition coefficient (Wildman–Crippen LogP) is 1.09. The van der Waals surface area contributed by atoms with Crippen LogP contribution in [0.1, 0.15) is 6.42 Å².